The van der Waals surface area contributed by atoms with Gasteiger partial charge in [0.15, 0.2) is 5.82 Å². The van der Waals surface area contributed by atoms with E-state index in [1.54, 1.807) is 5.06 Å². The van der Waals surface area contributed by atoms with Crippen molar-refractivity contribution in [2.75, 3.05) is 5.06 Å². The summed E-state index contributed by atoms with van der Waals surface area (Å²) >= 11 is 6.36. The number of nitrogens with zero attached hydrogens (tertiary/aromatic N) is 5. The van der Waals surface area contributed by atoms with E-state index >= 15 is 0 Å². The molecule has 3 heterocycles. The number of hydrogen-bond donors (Lipinski definition) is 0. The Kier molecular flexibility index (Phi) is 3.20. The lowest BCUT2D eigenvalue weighted by Crippen LogP contribution is -2.33. The van der Waals surface area contributed by atoms with Crippen LogP contribution >= 0.6 is 11.6 Å². The van der Waals surface area contributed by atoms with Crippen LogP contribution in [0.15, 0.2) is 24.5 Å². The number of halogens is 3. The summed E-state index contributed by atoms with van der Waals surface area (Å²) in [7, 11) is 0. The lowest BCUT2D eigenvalue weighted by atomic mass is 10.1. The average Bonchev–Trinajstić information content (AvgIpc) is 3.30. The molecule has 6 nitrogen and oxygen atoms in total. The third kappa shape index (κ3) is 2.21. The lowest BCUT2D eigenvalue weighted by molar-refractivity contribution is 0.0564. The van der Waals surface area contributed by atoms with E-state index in [1.165, 1.54) is 23.0 Å². The zero-order valence-corrected chi connectivity index (χ0v) is 13.6. The number of benzene rings is 1. The van der Waals surface area contributed by atoms with Crippen LogP contribution in [0.5, 0.6) is 0 Å². The van der Waals surface area contributed by atoms with E-state index in [4.69, 9.17) is 16.4 Å². The zero-order chi connectivity index (χ0) is 17.1. The summed E-state index contributed by atoms with van der Waals surface area (Å²) in [6.07, 6.45) is 4.32. The predicted octanol–water partition coefficient (Wildman–Crippen LogP) is 3.40. The van der Waals surface area contributed by atoms with E-state index in [0.29, 0.717) is 11.4 Å². The minimum absolute atomic E-state index is 0.0624. The predicted molar refractivity (Wildman–Crippen MR) is 86.1 cm³/mol. The van der Waals surface area contributed by atoms with Crippen LogP contribution in [0.1, 0.15) is 19.3 Å². The number of rotatable bonds is 2. The Morgan fingerprint density at radius 2 is 2.12 bits per heavy atom. The number of hydroxylamine groups is 1. The van der Waals surface area contributed by atoms with Crippen LogP contribution in [0.3, 0.4) is 0 Å². The molecule has 0 radical (unpaired) electrons. The second kappa shape index (κ2) is 5.34. The molecule has 1 saturated carbocycles. The molecule has 2 aromatic heterocycles. The van der Waals surface area contributed by atoms with E-state index in [0.717, 1.165) is 25.3 Å². The molecule has 1 aliphatic heterocycles. The molecule has 2 atom stereocenters. The molecule has 2 fully saturated rings. The Morgan fingerprint density at radius 1 is 1.24 bits per heavy atom. The molecule has 9 heteroatoms. The second-order valence-corrected chi connectivity index (χ2v) is 6.58. The van der Waals surface area contributed by atoms with Crippen LogP contribution in [0.2, 0.25) is 5.15 Å². The molecule has 2 bridgehead atoms. The number of hydrogen-bond acceptors (Lipinski definition) is 5. The molecule has 2 unspecified atom stereocenters. The SMILES string of the molecule is Fc1ccc(-c2c(Cl)nc3ncnn3c2N2OC3CCC2C3)c(F)c1. The van der Waals surface area contributed by atoms with Crippen molar-refractivity contribution < 1.29 is 13.6 Å². The monoisotopic (exact) mass is 363 g/mol. The van der Waals surface area contributed by atoms with Crippen LogP contribution in [0.25, 0.3) is 16.9 Å². The highest BCUT2D eigenvalue weighted by atomic mass is 35.5. The number of aromatic nitrogens is 4. The van der Waals surface area contributed by atoms with E-state index in [9.17, 15) is 8.78 Å². The Bertz CT molecular complexity index is 994. The van der Waals surface area contributed by atoms with Gasteiger partial charge >= 0.3 is 0 Å². The maximum absolute atomic E-state index is 14.5. The molecular weight excluding hydrogens is 352 g/mol. The Balaban J connectivity index is 1.80. The van der Waals surface area contributed by atoms with Crippen molar-refractivity contribution in [3.63, 3.8) is 0 Å². The van der Waals surface area contributed by atoms with Crippen molar-refractivity contribution in [1.29, 1.82) is 0 Å². The van der Waals surface area contributed by atoms with Gasteiger partial charge in [0.2, 0.25) is 0 Å². The molecule has 5 rings (SSSR count). The fourth-order valence-corrected chi connectivity index (χ4v) is 3.89. The minimum atomic E-state index is -0.728. The van der Waals surface area contributed by atoms with Crippen molar-refractivity contribution in [2.24, 2.45) is 0 Å². The van der Waals surface area contributed by atoms with Gasteiger partial charge in [-0.3, -0.25) is 4.84 Å². The van der Waals surface area contributed by atoms with Gasteiger partial charge in [0, 0.05) is 11.6 Å². The highest BCUT2D eigenvalue weighted by Gasteiger charge is 2.42. The van der Waals surface area contributed by atoms with Gasteiger partial charge in [-0.1, -0.05) is 11.6 Å². The normalized spacial score (nSPS) is 22.3. The van der Waals surface area contributed by atoms with Gasteiger partial charge in [-0.2, -0.15) is 19.6 Å². The molecule has 0 amide bonds. The smallest absolute Gasteiger partial charge is 0.255 e. The summed E-state index contributed by atoms with van der Waals surface area (Å²) in [5.74, 6) is -0.637. The van der Waals surface area contributed by atoms with Gasteiger partial charge in [0.25, 0.3) is 5.78 Å². The number of fused-ring (bicyclic) bond motifs is 3. The third-order valence-corrected chi connectivity index (χ3v) is 4.99. The topological polar surface area (TPSA) is 55.5 Å². The number of anilines is 1. The standard InChI is InChI=1S/C16H12ClF2N5O/c17-14-13(11-4-1-8(18)5-12(11)19)15(23-16(22-14)20-7-21-23)24-9-2-3-10(6-9)25-24/h1,4-5,7,9-10H,2-3,6H2. The first-order chi connectivity index (χ1) is 12.1. The molecule has 2 aliphatic rings. The highest BCUT2D eigenvalue weighted by molar-refractivity contribution is 6.33. The summed E-state index contributed by atoms with van der Waals surface area (Å²) in [5, 5.41) is 5.97. The van der Waals surface area contributed by atoms with E-state index < -0.39 is 11.6 Å². The van der Waals surface area contributed by atoms with E-state index in [2.05, 4.69) is 15.1 Å². The second-order valence-electron chi connectivity index (χ2n) is 6.22. The van der Waals surface area contributed by atoms with Gasteiger partial charge < -0.3 is 0 Å². The molecule has 3 aromatic rings. The van der Waals surface area contributed by atoms with Gasteiger partial charge in [0.1, 0.15) is 23.1 Å². The fourth-order valence-electron chi connectivity index (χ4n) is 3.63. The van der Waals surface area contributed by atoms with Crippen molar-refractivity contribution in [3.05, 3.63) is 41.3 Å². The summed E-state index contributed by atoms with van der Waals surface area (Å²) < 4.78 is 29.3. The maximum Gasteiger partial charge on any atom is 0.255 e. The van der Waals surface area contributed by atoms with Crippen LogP contribution in [-0.4, -0.2) is 31.7 Å². The molecule has 0 N–H and O–H groups in total. The lowest BCUT2D eigenvalue weighted by Gasteiger charge is -2.29. The summed E-state index contributed by atoms with van der Waals surface area (Å²) in [5.41, 5.74) is 0.447. The quantitative estimate of drug-likeness (QED) is 0.653. The van der Waals surface area contributed by atoms with Crippen LogP contribution in [0.4, 0.5) is 14.6 Å². The van der Waals surface area contributed by atoms with Crippen LogP contribution in [-0.2, 0) is 4.84 Å². The first-order valence-corrected chi connectivity index (χ1v) is 8.30. The molecule has 1 saturated heterocycles. The van der Waals surface area contributed by atoms with E-state index in [-0.39, 0.29) is 28.6 Å². The largest absolute Gasteiger partial charge is 0.268 e. The first kappa shape index (κ1) is 15.0. The molecule has 1 aromatic carbocycles. The highest BCUT2D eigenvalue weighted by Crippen LogP contribution is 2.44. The molecular formula is C16H12ClF2N5O. The minimum Gasteiger partial charge on any atom is -0.268 e. The third-order valence-electron chi connectivity index (χ3n) is 4.72. The first-order valence-electron chi connectivity index (χ1n) is 7.92. The molecule has 25 heavy (non-hydrogen) atoms. The Labute approximate surface area is 146 Å². The van der Waals surface area contributed by atoms with Gasteiger partial charge in [-0.15, -0.1) is 0 Å². The van der Waals surface area contributed by atoms with Crippen LogP contribution < -0.4 is 5.06 Å². The molecule has 0 spiro atoms. The summed E-state index contributed by atoms with van der Waals surface area (Å²) in [4.78, 5) is 14.2. The fraction of sp³-hybridized carbons (Fsp3) is 0.312. The van der Waals surface area contributed by atoms with Gasteiger partial charge in [-0.25, -0.2) is 13.8 Å². The van der Waals surface area contributed by atoms with Crippen molar-refractivity contribution in [3.8, 4) is 11.1 Å². The van der Waals surface area contributed by atoms with Crippen molar-refractivity contribution in [1.82, 2.24) is 19.6 Å². The van der Waals surface area contributed by atoms with Gasteiger partial charge in [0.05, 0.1) is 17.7 Å². The Morgan fingerprint density at radius 3 is 2.84 bits per heavy atom. The zero-order valence-electron chi connectivity index (χ0n) is 12.9. The summed E-state index contributed by atoms with van der Waals surface area (Å²) in [6.45, 7) is 0. The molecule has 128 valence electrons. The van der Waals surface area contributed by atoms with E-state index in [1.807, 2.05) is 0 Å². The van der Waals surface area contributed by atoms with Crippen molar-refractivity contribution >= 4 is 23.2 Å². The summed E-state index contributed by atoms with van der Waals surface area (Å²) in [6, 6.07) is 3.49. The van der Waals surface area contributed by atoms with Crippen molar-refractivity contribution in [2.45, 2.75) is 31.4 Å². The molecule has 1 aliphatic carbocycles. The van der Waals surface area contributed by atoms with Crippen LogP contribution in [0, 0.1) is 11.6 Å². The Hall–Kier alpha value is -2.32. The van der Waals surface area contributed by atoms with Gasteiger partial charge in [-0.05, 0) is 31.4 Å². The maximum atomic E-state index is 14.5. The average molecular weight is 364 g/mol.